The van der Waals surface area contributed by atoms with E-state index in [4.69, 9.17) is 16.7 Å². The third kappa shape index (κ3) is 7.65. The third-order valence-corrected chi connectivity index (χ3v) is 6.27. The summed E-state index contributed by atoms with van der Waals surface area (Å²) in [4.78, 5) is 10.5. The Kier molecular flexibility index (Phi) is 10.2. The molecule has 2 rings (SSSR count). The van der Waals surface area contributed by atoms with E-state index in [0.29, 0.717) is 31.2 Å². The van der Waals surface area contributed by atoms with E-state index in [9.17, 15) is 24.5 Å². The highest BCUT2D eigenvalue weighted by atomic mass is 35.5. The molecule has 4 N–H and O–H groups in total. The fourth-order valence-corrected chi connectivity index (χ4v) is 4.50. The van der Waals surface area contributed by atoms with Crippen LogP contribution in [0, 0.1) is 17.7 Å². The molecule has 1 saturated carbocycles. The number of unbranched alkanes of at least 4 members (excludes halogenated alkanes) is 3. The summed E-state index contributed by atoms with van der Waals surface area (Å²) in [7, 11) is 0. The van der Waals surface area contributed by atoms with Crippen LogP contribution < -0.4 is 0 Å². The first-order valence-electron chi connectivity index (χ1n) is 10.7. The quantitative estimate of drug-likeness (QED) is 0.359. The molecule has 0 heterocycles. The molecule has 1 aromatic carbocycles. The molecule has 0 bridgehead atoms. The maximum absolute atomic E-state index is 13.9. The van der Waals surface area contributed by atoms with E-state index in [1.807, 2.05) is 0 Å². The largest absolute Gasteiger partial charge is 0.481 e. The average molecular weight is 443 g/mol. The molecule has 1 aromatic rings. The number of aliphatic hydroxyl groups is 3. The molecule has 1 aliphatic carbocycles. The van der Waals surface area contributed by atoms with Crippen molar-refractivity contribution in [1.82, 2.24) is 0 Å². The van der Waals surface area contributed by atoms with Crippen molar-refractivity contribution in [1.29, 1.82) is 0 Å². The summed E-state index contributed by atoms with van der Waals surface area (Å²) in [5, 5.41) is 39.6. The smallest absolute Gasteiger partial charge is 0.303 e. The minimum Gasteiger partial charge on any atom is -0.481 e. The number of benzene rings is 1. The highest BCUT2D eigenvalue weighted by molar-refractivity contribution is 6.30. The van der Waals surface area contributed by atoms with Crippen LogP contribution in [0.2, 0.25) is 5.02 Å². The molecule has 1 fully saturated rings. The summed E-state index contributed by atoms with van der Waals surface area (Å²) in [5.41, 5.74) is 0.304. The Balaban J connectivity index is 1.80. The molecule has 5 atom stereocenters. The minimum atomic E-state index is -0.787. The highest BCUT2D eigenvalue weighted by Gasteiger charge is 2.40. The molecule has 0 aromatic heterocycles. The molecular weight excluding hydrogens is 411 g/mol. The lowest BCUT2D eigenvalue weighted by atomic mass is 9.85. The fourth-order valence-electron chi connectivity index (χ4n) is 4.31. The zero-order chi connectivity index (χ0) is 22.1. The zero-order valence-corrected chi connectivity index (χ0v) is 17.8. The van der Waals surface area contributed by atoms with Gasteiger partial charge in [0.1, 0.15) is 5.82 Å². The van der Waals surface area contributed by atoms with Crippen LogP contribution >= 0.6 is 11.6 Å². The van der Waals surface area contributed by atoms with E-state index in [-0.39, 0.29) is 23.3 Å². The van der Waals surface area contributed by atoms with Crippen LogP contribution in [-0.4, -0.2) is 44.7 Å². The Hall–Kier alpha value is -1.47. The second kappa shape index (κ2) is 12.4. The number of carboxylic acid groups (broad SMARTS) is 1. The number of carboxylic acids is 1. The van der Waals surface area contributed by atoms with Gasteiger partial charge in [-0.25, -0.2) is 4.39 Å². The summed E-state index contributed by atoms with van der Waals surface area (Å²) in [6, 6.07) is 4.68. The van der Waals surface area contributed by atoms with Gasteiger partial charge in [-0.3, -0.25) is 4.79 Å². The summed E-state index contributed by atoms with van der Waals surface area (Å²) in [6.45, 7) is 0. The lowest BCUT2D eigenvalue weighted by molar-refractivity contribution is -0.137. The number of aliphatic hydroxyl groups excluding tert-OH is 3. The van der Waals surface area contributed by atoms with Crippen LogP contribution in [0.15, 0.2) is 24.3 Å². The Morgan fingerprint density at radius 3 is 2.50 bits per heavy atom. The van der Waals surface area contributed by atoms with Crippen LogP contribution in [0.4, 0.5) is 4.39 Å². The van der Waals surface area contributed by atoms with Gasteiger partial charge >= 0.3 is 5.97 Å². The third-order valence-electron chi connectivity index (χ3n) is 5.97. The van der Waals surface area contributed by atoms with Gasteiger partial charge in [0.05, 0.1) is 23.3 Å². The van der Waals surface area contributed by atoms with Crippen LogP contribution in [0.3, 0.4) is 0 Å². The maximum atomic E-state index is 13.9. The normalized spacial score (nSPS) is 25.1. The van der Waals surface area contributed by atoms with E-state index in [2.05, 4.69) is 0 Å². The number of carbonyl (C=O) groups is 1. The van der Waals surface area contributed by atoms with E-state index in [1.165, 1.54) is 18.2 Å². The Labute approximate surface area is 182 Å². The summed E-state index contributed by atoms with van der Waals surface area (Å²) < 4.78 is 13.9. The molecule has 0 saturated heterocycles. The van der Waals surface area contributed by atoms with Gasteiger partial charge in [-0.15, -0.1) is 0 Å². The highest BCUT2D eigenvalue weighted by Crippen LogP contribution is 2.39. The molecule has 0 aliphatic heterocycles. The topological polar surface area (TPSA) is 98.0 Å². The molecule has 1 aliphatic rings. The number of hydrogen-bond donors (Lipinski definition) is 4. The number of rotatable bonds is 12. The number of hydrogen-bond acceptors (Lipinski definition) is 4. The van der Waals surface area contributed by atoms with Gasteiger partial charge in [-0.2, -0.15) is 0 Å². The van der Waals surface area contributed by atoms with Gasteiger partial charge in [-0.1, -0.05) is 55.1 Å². The van der Waals surface area contributed by atoms with Crippen molar-refractivity contribution >= 4 is 23.6 Å². The molecule has 2 unspecified atom stereocenters. The average Bonchev–Trinajstić information content (AvgIpc) is 2.96. The van der Waals surface area contributed by atoms with Crippen LogP contribution in [0.1, 0.15) is 63.4 Å². The van der Waals surface area contributed by atoms with Crippen molar-refractivity contribution < 1.29 is 29.6 Å². The van der Waals surface area contributed by atoms with Crippen molar-refractivity contribution in [3.05, 3.63) is 40.7 Å². The van der Waals surface area contributed by atoms with Gasteiger partial charge in [-0.05, 0) is 50.0 Å². The predicted octanol–water partition coefficient (Wildman–Crippen LogP) is 4.42. The summed E-state index contributed by atoms with van der Waals surface area (Å²) in [5.74, 6) is -1.43. The van der Waals surface area contributed by atoms with Crippen molar-refractivity contribution in [2.24, 2.45) is 11.8 Å². The molecule has 0 spiro atoms. The molecule has 30 heavy (non-hydrogen) atoms. The Bertz CT molecular complexity index is 711. The first-order chi connectivity index (χ1) is 14.3. The first-order valence-corrected chi connectivity index (χ1v) is 11.1. The van der Waals surface area contributed by atoms with Gasteiger partial charge in [0.15, 0.2) is 0 Å². The summed E-state index contributed by atoms with van der Waals surface area (Å²) in [6.07, 6.45) is 6.60. The van der Waals surface area contributed by atoms with Gasteiger partial charge in [0, 0.05) is 12.0 Å². The van der Waals surface area contributed by atoms with Crippen molar-refractivity contribution in [3.63, 3.8) is 0 Å². The van der Waals surface area contributed by atoms with E-state index in [1.54, 1.807) is 12.1 Å². The second-order valence-electron chi connectivity index (χ2n) is 8.19. The molecule has 168 valence electrons. The molecule has 0 radical (unpaired) electrons. The van der Waals surface area contributed by atoms with E-state index in [0.717, 1.165) is 25.7 Å². The summed E-state index contributed by atoms with van der Waals surface area (Å²) >= 11 is 5.76. The Morgan fingerprint density at radius 1 is 1.13 bits per heavy atom. The zero-order valence-electron chi connectivity index (χ0n) is 17.1. The lowest BCUT2D eigenvalue weighted by Crippen LogP contribution is -2.23. The number of halogens is 2. The monoisotopic (exact) mass is 442 g/mol. The lowest BCUT2D eigenvalue weighted by Gasteiger charge is -2.24. The fraction of sp³-hybridized carbons (Fsp3) is 0.609. The molecule has 5 nitrogen and oxygen atoms in total. The number of aliphatic carboxylic acids is 1. The SMILES string of the molecule is O=C(O)CCCCCC[C@@H]1C(CCC(O)/C=C/c2cccc(Cl)c2F)[C@H](O)C[C@@H]1O. The first kappa shape index (κ1) is 24.8. The van der Waals surface area contributed by atoms with Crippen LogP contribution in [-0.2, 0) is 4.79 Å². The van der Waals surface area contributed by atoms with Gasteiger partial charge < -0.3 is 20.4 Å². The standard InChI is InChI=1S/C23H32ClFO5/c24-19-8-5-6-15(23(19)25)10-11-16(26)12-13-18-17(20(27)14-21(18)28)7-3-1-2-4-9-22(29)30/h5-6,8,10-11,16-18,20-21,26-28H,1-4,7,9,12-14H2,(H,29,30)/b11-10+/t16?,17-,18?,20+,21-/m1/s1. The van der Waals surface area contributed by atoms with Gasteiger partial charge in [0.2, 0.25) is 0 Å². The predicted molar refractivity (Wildman–Crippen MR) is 115 cm³/mol. The maximum Gasteiger partial charge on any atom is 0.303 e. The molecule has 0 amide bonds. The Morgan fingerprint density at radius 2 is 1.80 bits per heavy atom. The van der Waals surface area contributed by atoms with Crippen molar-refractivity contribution in [2.75, 3.05) is 0 Å². The van der Waals surface area contributed by atoms with E-state index < -0.39 is 30.1 Å². The van der Waals surface area contributed by atoms with Crippen LogP contribution in [0.5, 0.6) is 0 Å². The minimum absolute atomic E-state index is 0.0268. The second-order valence-corrected chi connectivity index (χ2v) is 8.60. The van der Waals surface area contributed by atoms with Crippen molar-refractivity contribution in [2.45, 2.75) is 76.1 Å². The van der Waals surface area contributed by atoms with E-state index >= 15 is 0 Å². The van der Waals surface area contributed by atoms with Gasteiger partial charge in [0.25, 0.3) is 0 Å². The molecule has 7 heteroatoms. The van der Waals surface area contributed by atoms with Crippen LogP contribution in [0.25, 0.3) is 6.08 Å². The molecular formula is C23H32ClFO5. The van der Waals surface area contributed by atoms with Crippen molar-refractivity contribution in [3.8, 4) is 0 Å².